The molecular formula is C14H13FN2O3S. The minimum atomic E-state index is -3.42. The molecule has 110 valence electrons. The number of hydrogen-bond acceptors (Lipinski definition) is 4. The first kappa shape index (κ1) is 15.0. The monoisotopic (exact) mass is 308 g/mol. The lowest BCUT2D eigenvalue weighted by Crippen LogP contribution is -2.13. The van der Waals surface area contributed by atoms with Crippen molar-refractivity contribution < 1.29 is 17.6 Å². The second-order valence-corrected chi connectivity index (χ2v) is 6.51. The normalized spacial score (nSPS) is 11.1. The van der Waals surface area contributed by atoms with Gasteiger partial charge in [0, 0.05) is 17.5 Å². The Morgan fingerprint density at radius 1 is 1.19 bits per heavy atom. The third-order valence-corrected chi connectivity index (χ3v) is 3.88. The van der Waals surface area contributed by atoms with Gasteiger partial charge in [-0.1, -0.05) is 6.07 Å². The molecule has 0 aliphatic rings. The first-order valence-electron chi connectivity index (χ1n) is 5.94. The van der Waals surface area contributed by atoms with E-state index in [2.05, 4.69) is 5.32 Å². The largest absolute Gasteiger partial charge is 0.399 e. The number of halogens is 1. The topological polar surface area (TPSA) is 89.3 Å². The predicted octanol–water partition coefficient (Wildman–Crippen LogP) is 2.06. The molecule has 0 radical (unpaired) electrons. The van der Waals surface area contributed by atoms with E-state index in [9.17, 15) is 17.6 Å². The number of carbonyl (C=O) groups excluding carboxylic acids is 1. The summed E-state index contributed by atoms with van der Waals surface area (Å²) in [5.74, 6) is -1.27. The highest BCUT2D eigenvalue weighted by Gasteiger charge is 2.13. The molecule has 3 N–H and O–H groups in total. The lowest BCUT2D eigenvalue weighted by molar-refractivity contribution is 0.102. The number of rotatable bonds is 3. The molecule has 0 unspecified atom stereocenters. The minimum Gasteiger partial charge on any atom is -0.399 e. The fraction of sp³-hybridized carbons (Fsp3) is 0.0714. The van der Waals surface area contributed by atoms with Gasteiger partial charge in [0.2, 0.25) is 0 Å². The molecule has 0 bridgehead atoms. The van der Waals surface area contributed by atoms with Crippen LogP contribution >= 0.6 is 0 Å². The number of hydrogen-bond donors (Lipinski definition) is 2. The fourth-order valence-corrected chi connectivity index (χ4v) is 2.36. The van der Waals surface area contributed by atoms with Gasteiger partial charge in [-0.05, 0) is 36.4 Å². The highest BCUT2D eigenvalue weighted by Crippen LogP contribution is 2.18. The molecule has 2 rings (SSSR count). The number of benzene rings is 2. The second-order valence-electron chi connectivity index (χ2n) is 4.49. The predicted molar refractivity (Wildman–Crippen MR) is 78.3 cm³/mol. The number of anilines is 2. The van der Waals surface area contributed by atoms with Crippen molar-refractivity contribution in [3.05, 3.63) is 53.8 Å². The highest BCUT2D eigenvalue weighted by atomic mass is 32.2. The zero-order valence-electron chi connectivity index (χ0n) is 11.1. The summed E-state index contributed by atoms with van der Waals surface area (Å²) in [6, 6.07) is 9.39. The van der Waals surface area contributed by atoms with E-state index in [-0.39, 0.29) is 21.8 Å². The molecule has 0 saturated carbocycles. The Morgan fingerprint density at radius 2 is 1.90 bits per heavy atom. The Balaban J connectivity index is 2.29. The average Bonchev–Trinajstić information content (AvgIpc) is 2.41. The molecule has 0 heterocycles. The van der Waals surface area contributed by atoms with Crippen LogP contribution in [0.3, 0.4) is 0 Å². The van der Waals surface area contributed by atoms with E-state index in [4.69, 9.17) is 5.73 Å². The molecule has 2 aromatic carbocycles. The number of nitrogens with two attached hydrogens (primary N) is 1. The van der Waals surface area contributed by atoms with E-state index in [0.717, 1.165) is 12.3 Å². The zero-order chi connectivity index (χ0) is 15.6. The van der Waals surface area contributed by atoms with Gasteiger partial charge in [0.1, 0.15) is 5.82 Å². The van der Waals surface area contributed by atoms with Gasteiger partial charge < -0.3 is 11.1 Å². The molecule has 7 heteroatoms. The zero-order valence-corrected chi connectivity index (χ0v) is 11.9. The summed E-state index contributed by atoms with van der Waals surface area (Å²) in [6.07, 6.45) is 1.05. The molecule has 0 aliphatic heterocycles. The van der Waals surface area contributed by atoms with Crippen LogP contribution in [-0.2, 0) is 9.84 Å². The van der Waals surface area contributed by atoms with E-state index in [1.165, 1.54) is 36.4 Å². The summed E-state index contributed by atoms with van der Waals surface area (Å²) >= 11 is 0. The molecular weight excluding hydrogens is 295 g/mol. The molecule has 0 aromatic heterocycles. The molecule has 0 aliphatic carbocycles. The Labute approximate surface area is 121 Å². The summed E-state index contributed by atoms with van der Waals surface area (Å²) in [5, 5.41) is 2.37. The van der Waals surface area contributed by atoms with Crippen LogP contribution in [0.2, 0.25) is 0 Å². The van der Waals surface area contributed by atoms with Crippen LogP contribution in [0.5, 0.6) is 0 Å². The second kappa shape index (κ2) is 5.53. The number of sulfone groups is 1. The van der Waals surface area contributed by atoms with Gasteiger partial charge in [0.15, 0.2) is 9.84 Å². The van der Waals surface area contributed by atoms with Crippen LogP contribution in [0.25, 0.3) is 0 Å². The van der Waals surface area contributed by atoms with Crippen molar-refractivity contribution in [1.82, 2.24) is 0 Å². The van der Waals surface area contributed by atoms with Crippen LogP contribution < -0.4 is 11.1 Å². The van der Waals surface area contributed by atoms with Crippen LogP contribution in [0.15, 0.2) is 47.4 Å². The molecule has 0 fully saturated rings. The maximum atomic E-state index is 13.6. The van der Waals surface area contributed by atoms with Crippen molar-refractivity contribution in [1.29, 1.82) is 0 Å². The van der Waals surface area contributed by atoms with E-state index >= 15 is 0 Å². The van der Waals surface area contributed by atoms with Gasteiger partial charge in [0.25, 0.3) is 5.91 Å². The van der Waals surface area contributed by atoms with Crippen LogP contribution in [0.1, 0.15) is 10.4 Å². The van der Waals surface area contributed by atoms with Crippen LogP contribution in [0, 0.1) is 5.82 Å². The first-order chi connectivity index (χ1) is 9.77. The fourth-order valence-electron chi connectivity index (χ4n) is 1.70. The van der Waals surface area contributed by atoms with Gasteiger partial charge in [-0.15, -0.1) is 0 Å². The van der Waals surface area contributed by atoms with Crippen molar-refractivity contribution in [3.63, 3.8) is 0 Å². The third-order valence-electron chi connectivity index (χ3n) is 2.77. The number of amides is 1. The van der Waals surface area contributed by atoms with Gasteiger partial charge in [-0.3, -0.25) is 4.79 Å². The molecule has 0 saturated heterocycles. The molecule has 0 spiro atoms. The number of nitrogen functional groups attached to an aromatic ring is 1. The lowest BCUT2D eigenvalue weighted by atomic mass is 10.2. The summed E-state index contributed by atoms with van der Waals surface area (Å²) in [5.41, 5.74) is 5.75. The summed E-state index contributed by atoms with van der Waals surface area (Å²) < 4.78 is 36.5. The maximum Gasteiger partial charge on any atom is 0.255 e. The minimum absolute atomic E-state index is 0.0212. The Hall–Kier alpha value is -2.41. The third kappa shape index (κ3) is 3.57. The lowest BCUT2D eigenvalue weighted by Gasteiger charge is -2.08. The quantitative estimate of drug-likeness (QED) is 0.849. The maximum absolute atomic E-state index is 13.6. The average molecular weight is 308 g/mol. The molecule has 5 nitrogen and oxygen atoms in total. The van der Waals surface area contributed by atoms with E-state index in [1.54, 1.807) is 0 Å². The molecule has 1 amide bonds. The summed E-state index contributed by atoms with van der Waals surface area (Å²) in [7, 11) is -3.42. The van der Waals surface area contributed by atoms with Crippen LogP contribution in [-0.4, -0.2) is 20.6 Å². The highest BCUT2D eigenvalue weighted by molar-refractivity contribution is 7.90. The Kier molecular flexibility index (Phi) is 3.95. The molecule has 21 heavy (non-hydrogen) atoms. The van der Waals surface area contributed by atoms with Gasteiger partial charge in [-0.2, -0.15) is 0 Å². The van der Waals surface area contributed by atoms with Crippen molar-refractivity contribution in [3.8, 4) is 0 Å². The van der Waals surface area contributed by atoms with Crippen molar-refractivity contribution in [2.24, 2.45) is 0 Å². The van der Waals surface area contributed by atoms with E-state index < -0.39 is 21.6 Å². The summed E-state index contributed by atoms with van der Waals surface area (Å²) in [4.78, 5) is 12.0. The van der Waals surface area contributed by atoms with E-state index in [1.807, 2.05) is 0 Å². The first-order valence-corrected chi connectivity index (χ1v) is 7.83. The molecule has 0 atom stereocenters. The standard InChI is InChI=1S/C14H13FN2O3S/c1-21(19,20)11-4-2-3-9(7-11)14(18)17-13-6-5-10(16)8-12(13)15/h2-8H,16H2,1H3,(H,17,18). The SMILES string of the molecule is CS(=O)(=O)c1cccc(C(=O)Nc2ccc(N)cc2F)c1. The van der Waals surface area contributed by atoms with E-state index in [0.29, 0.717) is 0 Å². The summed E-state index contributed by atoms with van der Waals surface area (Å²) in [6.45, 7) is 0. The van der Waals surface area contributed by atoms with Gasteiger partial charge in [-0.25, -0.2) is 12.8 Å². The smallest absolute Gasteiger partial charge is 0.255 e. The van der Waals surface area contributed by atoms with Crippen molar-refractivity contribution in [2.75, 3.05) is 17.3 Å². The van der Waals surface area contributed by atoms with Crippen molar-refractivity contribution >= 4 is 27.1 Å². The number of nitrogens with one attached hydrogen (secondary N) is 1. The molecule has 2 aromatic rings. The Morgan fingerprint density at radius 3 is 2.52 bits per heavy atom. The van der Waals surface area contributed by atoms with Crippen LogP contribution in [0.4, 0.5) is 15.8 Å². The number of carbonyl (C=O) groups is 1. The van der Waals surface area contributed by atoms with Crippen molar-refractivity contribution in [2.45, 2.75) is 4.90 Å². The Bertz CT molecular complexity index is 804. The van der Waals surface area contributed by atoms with Gasteiger partial charge in [0.05, 0.1) is 10.6 Å². The van der Waals surface area contributed by atoms with Gasteiger partial charge >= 0.3 is 0 Å².